The second-order valence-electron chi connectivity index (χ2n) is 7.09. The molecule has 4 heterocycles. The molecule has 1 amide bonds. The molecule has 0 saturated heterocycles. The minimum Gasteiger partial charge on any atom is -0.334 e. The Bertz CT molecular complexity index is 1310. The minimum absolute atomic E-state index is 0.0125. The summed E-state index contributed by atoms with van der Waals surface area (Å²) in [5.74, 6) is -0.366. The number of carbonyl (C=O) groups is 1. The molecule has 1 aliphatic rings. The van der Waals surface area contributed by atoms with E-state index in [9.17, 15) is 14.4 Å². The molecule has 1 aliphatic heterocycles. The molecule has 8 nitrogen and oxygen atoms in total. The van der Waals surface area contributed by atoms with Gasteiger partial charge in [0.05, 0.1) is 5.39 Å². The van der Waals surface area contributed by atoms with Gasteiger partial charge in [0.2, 0.25) is 5.43 Å². The zero-order valence-corrected chi connectivity index (χ0v) is 16.2. The summed E-state index contributed by atoms with van der Waals surface area (Å²) in [6, 6.07) is 6.85. The molecule has 0 aliphatic carbocycles. The second-order valence-corrected chi connectivity index (χ2v) is 7.09. The molecule has 0 aromatic carbocycles. The number of nitriles is 1. The molecule has 29 heavy (non-hydrogen) atoms. The van der Waals surface area contributed by atoms with E-state index in [-0.39, 0.29) is 29.0 Å². The van der Waals surface area contributed by atoms with Crippen LogP contribution in [0, 0.1) is 18.3 Å². The van der Waals surface area contributed by atoms with Crippen LogP contribution in [0.2, 0.25) is 0 Å². The molecule has 4 rings (SSSR count). The number of aromatic nitrogens is 3. The molecule has 0 unspecified atom stereocenters. The highest BCUT2D eigenvalue weighted by Crippen LogP contribution is 2.19. The maximum Gasteiger partial charge on any atom is 0.266 e. The van der Waals surface area contributed by atoms with Crippen molar-refractivity contribution < 1.29 is 4.79 Å². The predicted octanol–water partition coefficient (Wildman–Crippen LogP) is 1.48. The van der Waals surface area contributed by atoms with Crippen LogP contribution in [-0.4, -0.2) is 31.9 Å². The van der Waals surface area contributed by atoms with E-state index in [2.05, 4.69) is 9.97 Å². The van der Waals surface area contributed by atoms with E-state index in [4.69, 9.17) is 5.26 Å². The highest BCUT2D eigenvalue weighted by molar-refractivity contribution is 5.97. The second kappa shape index (κ2) is 7.02. The van der Waals surface area contributed by atoms with Gasteiger partial charge in [-0.25, -0.2) is 4.98 Å². The number of pyridine rings is 3. The fraction of sp³-hybridized carbons (Fsp3) is 0.286. The van der Waals surface area contributed by atoms with Gasteiger partial charge in [-0.1, -0.05) is 0 Å². The smallest absolute Gasteiger partial charge is 0.266 e. The van der Waals surface area contributed by atoms with Crippen molar-refractivity contribution in [2.45, 2.75) is 33.4 Å². The molecule has 0 spiro atoms. The van der Waals surface area contributed by atoms with Crippen LogP contribution in [0.5, 0.6) is 0 Å². The van der Waals surface area contributed by atoms with E-state index in [0.29, 0.717) is 30.5 Å². The van der Waals surface area contributed by atoms with Crippen molar-refractivity contribution in [3.8, 4) is 6.07 Å². The van der Waals surface area contributed by atoms with Gasteiger partial charge < -0.3 is 14.5 Å². The third-order valence-corrected chi connectivity index (χ3v) is 5.25. The molecular weight excluding hydrogens is 370 g/mol. The van der Waals surface area contributed by atoms with Crippen LogP contribution in [0.3, 0.4) is 0 Å². The van der Waals surface area contributed by atoms with E-state index in [1.54, 1.807) is 27.8 Å². The van der Waals surface area contributed by atoms with Crippen molar-refractivity contribution in [3.05, 3.63) is 73.1 Å². The number of hydrogen-bond donors (Lipinski definition) is 1. The Labute approximate surface area is 166 Å². The van der Waals surface area contributed by atoms with Crippen molar-refractivity contribution in [1.82, 2.24) is 19.4 Å². The third kappa shape index (κ3) is 3.10. The van der Waals surface area contributed by atoms with Crippen molar-refractivity contribution in [2.75, 3.05) is 6.54 Å². The summed E-state index contributed by atoms with van der Waals surface area (Å²) in [6.45, 7) is 4.97. The molecule has 3 aromatic rings. The Hall–Kier alpha value is -3.73. The van der Waals surface area contributed by atoms with Gasteiger partial charge in [0.1, 0.15) is 22.8 Å². The molecule has 146 valence electrons. The van der Waals surface area contributed by atoms with Crippen molar-refractivity contribution in [1.29, 1.82) is 5.26 Å². The van der Waals surface area contributed by atoms with Crippen LogP contribution < -0.4 is 11.0 Å². The molecule has 3 aromatic heterocycles. The number of rotatable bonds is 2. The Balaban J connectivity index is 1.76. The SMILES string of the molecule is CCn1cc(C(=O)N2CCc3[nH]c(=O)c(C#N)cc3C2)c(=O)c2ccc(C)nc21. The highest BCUT2D eigenvalue weighted by atomic mass is 16.2. The quantitative estimate of drug-likeness (QED) is 0.714. The van der Waals surface area contributed by atoms with E-state index in [1.807, 2.05) is 19.9 Å². The van der Waals surface area contributed by atoms with Crippen molar-refractivity contribution in [3.63, 3.8) is 0 Å². The normalized spacial score (nSPS) is 13.2. The Kier molecular flexibility index (Phi) is 4.51. The lowest BCUT2D eigenvalue weighted by Gasteiger charge is -2.28. The number of H-pyrrole nitrogens is 1. The van der Waals surface area contributed by atoms with Crippen LogP contribution in [-0.2, 0) is 19.5 Å². The fourth-order valence-corrected chi connectivity index (χ4v) is 3.69. The van der Waals surface area contributed by atoms with Gasteiger partial charge in [-0.3, -0.25) is 14.4 Å². The Morgan fingerprint density at radius 1 is 1.34 bits per heavy atom. The first kappa shape index (κ1) is 18.6. The number of aromatic amines is 1. The molecule has 8 heteroatoms. The monoisotopic (exact) mass is 389 g/mol. The predicted molar refractivity (Wildman–Crippen MR) is 107 cm³/mol. The molecule has 0 fully saturated rings. The number of aryl methyl sites for hydroxylation is 2. The van der Waals surface area contributed by atoms with Crippen molar-refractivity contribution >= 4 is 16.9 Å². The summed E-state index contributed by atoms with van der Waals surface area (Å²) in [6.07, 6.45) is 2.03. The minimum atomic E-state index is -0.422. The van der Waals surface area contributed by atoms with Gasteiger partial charge in [-0.15, -0.1) is 0 Å². The van der Waals surface area contributed by atoms with E-state index in [1.165, 1.54) is 6.07 Å². The van der Waals surface area contributed by atoms with Gasteiger partial charge in [0, 0.05) is 43.6 Å². The molecule has 1 N–H and O–H groups in total. The van der Waals surface area contributed by atoms with E-state index >= 15 is 0 Å². The zero-order chi connectivity index (χ0) is 20.7. The molecular formula is C21H19N5O3. The average molecular weight is 389 g/mol. The lowest BCUT2D eigenvalue weighted by Crippen LogP contribution is -2.39. The van der Waals surface area contributed by atoms with Gasteiger partial charge in [-0.05, 0) is 37.6 Å². The summed E-state index contributed by atoms with van der Waals surface area (Å²) in [5, 5.41) is 9.50. The highest BCUT2D eigenvalue weighted by Gasteiger charge is 2.26. The van der Waals surface area contributed by atoms with Crippen LogP contribution >= 0.6 is 0 Å². The van der Waals surface area contributed by atoms with Gasteiger partial charge in [-0.2, -0.15) is 5.26 Å². The lowest BCUT2D eigenvalue weighted by atomic mass is 10.0. The lowest BCUT2D eigenvalue weighted by molar-refractivity contribution is 0.0731. The van der Waals surface area contributed by atoms with Crippen molar-refractivity contribution in [2.24, 2.45) is 0 Å². The van der Waals surface area contributed by atoms with Crippen LogP contribution in [0.15, 0.2) is 34.0 Å². The first-order chi connectivity index (χ1) is 13.9. The number of carbonyl (C=O) groups excluding carboxylic acids is 1. The largest absolute Gasteiger partial charge is 0.334 e. The summed E-state index contributed by atoms with van der Waals surface area (Å²) < 4.78 is 1.81. The standard InChI is InChI=1S/C21H19N5O3/c1-3-25-11-16(18(27)15-5-4-12(2)23-19(15)25)21(29)26-7-6-17-14(10-26)8-13(9-22)20(28)24-17/h4-5,8,11H,3,6-7,10H2,1-2H3,(H,24,28). The maximum atomic E-state index is 13.2. The third-order valence-electron chi connectivity index (χ3n) is 5.25. The summed E-state index contributed by atoms with van der Waals surface area (Å²) >= 11 is 0. The summed E-state index contributed by atoms with van der Waals surface area (Å²) in [4.78, 5) is 46.7. The number of fused-ring (bicyclic) bond motifs is 2. The topological polar surface area (TPSA) is 112 Å². The summed E-state index contributed by atoms with van der Waals surface area (Å²) in [7, 11) is 0. The van der Waals surface area contributed by atoms with E-state index in [0.717, 1.165) is 17.0 Å². The number of hydrogen-bond acceptors (Lipinski definition) is 5. The van der Waals surface area contributed by atoms with Gasteiger partial charge >= 0.3 is 0 Å². The maximum absolute atomic E-state index is 13.2. The van der Waals surface area contributed by atoms with Crippen LogP contribution in [0.25, 0.3) is 11.0 Å². The molecule has 0 saturated carbocycles. The Morgan fingerprint density at radius 3 is 2.86 bits per heavy atom. The number of nitrogens with zero attached hydrogens (tertiary/aromatic N) is 4. The Morgan fingerprint density at radius 2 is 2.14 bits per heavy atom. The first-order valence-corrected chi connectivity index (χ1v) is 9.38. The van der Waals surface area contributed by atoms with Gasteiger partial charge in [0.25, 0.3) is 11.5 Å². The molecule has 0 atom stereocenters. The molecule has 0 bridgehead atoms. The number of amides is 1. The van der Waals surface area contributed by atoms with Crippen LogP contribution in [0.1, 0.15) is 39.8 Å². The van der Waals surface area contributed by atoms with Gasteiger partial charge in [0.15, 0.2) is 0 Å². The average Bonchev–Trinajstić information content (AvgIpc) is 2.72. The summed E-state index contributed by atoms with van der Waals surface area (Å²) in [5.41, 5.74) is 2.15. The first-order valence-electron chi connectivity index (χ1n) is 9.38. The number of nitrogens with one attached hydrogen (secondary N) is 1. The fourth-order valence-electron chi connectivity index (χ4n) is 3.69. The molecule has 0 radical (unpaired) electrons. The zero-order valence-electron chi connectivity index (χ0n) is 16.2. The van der Waals surface area contributed by atoms with E-state index < -0.39 is 5.56 Å². The van der Waals surface area contributed by atoms with Crippen LogP contribution in [0.4, 0.5) is 0 Å².